The summed E-state index contributed by atoms with van der Waals surface area (Å²) < 4.78 is 7.01. The van der Waals surface area contributed by atoms with E-state index in [1.165, 1.54) is 0 Å². The predicted octanol–water partition coefficient (Wildman–Crippen LogP) is 2.77. The zero-order valence-electron chi connectivity index (χ0n) is 15.4. The van der Waals surface area contributed by atoms with Crippen LogP contribution in [0.25, 0.3) is 16.9 Å². The van der Waals surface area contributed by atoms with Crippen molar-refractivity contribution in [3.63, 3.8) is 0 Å². The molecule has 1 amide bonds. The Morgan fingerprint density at radius 1 is 1.18 bits per heavy atom. The zero-order chi connectivity index (χ0) is 19.3. The zero-order valence-corrected chi connectivity index (χ0v) is 15.4. The van der Waals surface area contributed by atoms with E-state index in [2.05, 4.69) is 20.3 Å². The molecular formula is C21H19N5O2. The number of fused-ring (bicyclic) bond motifs is 1. The van der Waals surface area contributed by atoms with Crippen molar-refractivity contribution < 1.29 is 9.53 Å². The fraction of sp³-hybridized carbons (Fsp3) is 0.143. The summed E-state index contributed by atoms with van der Waals surface area (Å²) >= 11 is 0. The lowest BCUT2D eigenvalue weighted by molar-refractivity contribution is 0.0950. The Bertz CT molecular complexity index is 1090. The number of methoxy groups -OCH3 is 1. The van der Waals surface area contributed by atoms with Crippen LogP contribution in [0.4, 0.5) is 0 Å². The Labute approximate surface area is 162 Å². The van der Waals surface area contributed by atoms with Crippen molar-refractivity contribution in [3.8, 4) is 17.0 Å². The van der Waals surface area contributed by atoms with Crippen molar-refractivity contribution in [2.24, 2.45) is 0 Å². The van der Waals surface area contributed by atoms with Crippen LogP contribution in [0.3, 0.4) is 0 Å². The summed E-state index contributed by atoms with van der Waals surface area (Å²) in [7, 11) is 1.63. The molecule has 4 rings (SSSR count). The molecule has 0 fully saturated rings. The van der Waals surface area contributed by atoms with Gasteiger partial charge in [-0.25, -0.2) is 4.98 Å². The molecule has 0 aliphatic carbocycles. The molecule has 0 unspecified atom stereocenters. The van der Waals surface area contributed by atoms with Gasteiger partial charge in [0.25, 0.3) is 5.91 Å². The van der Waals surface area contributed by atoms with Crippen LogP contribution in [-0.2, 0) is 6.42 Å². The van der Waals surface area contributed by atoms with E-state index in [-0.39, 0.29) is 5.91 Å². The molecule has 7 heteroatoms. The van der Waals surface area contributed by atoms with Gasteiger partial charge < -0.3 is 14.5 Å². The summed E-state index contributed by atoms with van der Waals surface area (Å²) in [4.78, 5) is 25.5. The van der Waals surface area contributed by atoms with Gasteiger partial charge >= 0.3 is 0 Å². The number of hydrogen-bond donors (Lipinski definition) is 1. The Morgan fingerprint density at radius 2 is 2.04 bits per heavy atom. The number of ether oxygens (including phenoxy) is 1. The van der Waals surface area contributed by atoms with E-state index in [0.29, 0.717) is 30.0 Å². The van der Waals surface area contributed by atoms with Gasteiger partial charge in [-0.15, -0.1) is 0 Å². The Morgan fingerprint density at radius 3 is 2.79 bits per heavy atom. The topological polar surface area (TPSA) is 81.4 Å². The molecule has 1 aromatic carbocycles. The molecule has 0 spiro atoms. The minimum atomic E-state index is -0.215. The van der Waals surface area contributed by atoms with E-state index in [9.17, 15) is 4.79 Å². The summed E-state index contributed by atoms with van der Waals surface area (Å²) in [5, 5.41) is 2.90. The molecular weight excluding hydrogens is 354 g/mol. The Kier molecular flexibility index (Phi) is 4.97. The monoisotopic (exact) mass is 373 g/mol. The number of pyridine rings is 1. The molecule has 28 heavy (non-hydrogen) atoms. The van der Waals surface area contributed by atoms with Crippen molar-refractivity contribution in [2.45, 2.75) is 6.42 Å². The summed E-state index contributed by atoms with van der Waals surface area (Å²) in [6, 6.07) is 11.4. The standard InChI is InChI=1S/C21H19N5O2/c1-28-17-6-4-16(5-7-17)19-20-25-18(14-26(20)12-11-23-19)21(27)24-10-8-15-3-2-9-22-13-15/h2-7,9,11-14H,8,10H2,1H3,(H,24,27). The number of benzene rings is 1. The maximum absolute atomic E-state index is 12.5. The molecule has 0 atom stereocenters. The molecule has 0 radical (unpaired) electrons. The second-order valence-electron chi connectivity index (χ2n) is 6.23. The molecule has 140 valence electrons. The molecule has 1 N–H and O–H groups in total. The minimum Gasteiger partial charge on any atom is -0.497 e. The van der Waals surface area contributed by atoms with Crippen LogP contribution in [0.15, 0.2) is 67.4 Å². The fourth-order valence-corrected chi connectivity index (χ4v) is 2.94. The van der Waals surface area contributed by atoms with E-state index in [4.69, 9.17) is 4.74 Å². The van der Waals surface area contributed by atoms with Crippen LogP contribution in [-0.4, -0.2) is 38.9 Å². The molecule has 4 aromatic rings. The average Bonchev–Trinajstić information content (AvgIpc) is 3.19. The number of imidazole rings is 1. The molecule has 3 aromatic heterocycles. The van der Waals surface area contributed by atoms with Gasteiger partial charge in [-0.2, -0.15) is 0 Å². The van der Waals surface area contributed by atoms with Crippen molar-refractivity contribution in [2.75, 3.05) is 13.7 Å². The lowest BCUT2D eigenvalue weighted by atomic mass is 10.1. The predicted molar refractivity (Wildman–Crippen MR) is 105 cm³/mol. The SMILES string of the molecule is COc1ccc(-c2nccn3cc(C(=O)NCCc4cccnc4)nc23)cc1. The molecule has 3 heterocycles. The Hall–Kier alpha value is -3.74. The lowest BCUT2D eigenvalue weighted by Crippen LogP contribution is -2.26. The number of nitrogens with zero attached hydrogens (tertiary/aromatic N) is 4. The molecule has 0 bridgehead atoms. The lowest BCUT2D eigenvalue weighted by Gasteiger charge is -2.04. The summed E-state index contributed by atoms with van der Waals surface area (Å²) in [5.41, 5.74) is 3.67. The largest absolute Gasteiger partial charge is 0.497 e. The van der Waals surface area contributed by atoms with Gasteiger partial charge in [0.2, 0.25) is 0 Å². The highest BCUT2D eigenvalue weighted by Gasteiger charge is 2.14. The van der Waals surface area contributed by atoms with Gasteiger partial charge in [-0.05, 0) is 42.3 Å². The summed E-state index contributed by atoms with van der Waals surface area (Å²) in [6.45, 7) is 0.516. The molecule has 0 saturated carbocycles. The fourth-order valence-electron chi connectivity index (χ4n) is 2.94. The quantitative estimate of drug-likeness (QED) is 0.562. The average molecular weight is 373 g/mol. The maximum Gasteiger partial charge on any atom is 0.271 e. The van der Waals surface area contributed by atoms with Gasteiger partial charge in [0.1, 0.15) is 17.1 Å². The number of carbonyl (C=O) groups excluding carboxylic acids is 1. The van der Waals surface area contributed by atoms with Crippen molar-refractivity contribution in [3.05, 3.63) is 78.6 Å². The Balaban J connectivity index is 1.53. The normalized spacial score (nSPS) is 10.8. The molecule has 0 aliphatic rings. The van der Waals surface area contributed by atoms with E-state index in [1.54, 1.807) is 38.1 Å². The number of nitrogens with one attached hydrogen (secondary N) is 1. The van der Waals surface area contributed by atoms with E-state index < -0.39 is 0 Å². The van der Waals surface area contributed by atoms with Crippen LogP contribution in [0.5, 0.6) is 5.75 Å². The van der Waals surface area contributed by atoms with Crippen LogP contribution in [0, 0.1) is 0 Å². The first-order chi connectivity index (χ1) is 13.7. The number of amides is 1. The molecule has 0 aliphatic heterocycles. The van der Waals surface area contributed by atoms with Crippen LogP contribution in [0.2, 0.25) is 0 Å². The first-order valence-corrected chi connectivity index (χ1v) is 8.90. The second-order valence-corrected chi connectivity index (χ2v) is 6.23. The molecule has 7 nitrogen and oxygen atoms in total. The number of rotatable bonds is 6. The second kappa shape index (κ2) is 7.87. The van der Waals surface area contributed by atoms with Crippen molar-refractivity contribution in [1.29, 1.82) is 0 Å². The van der Waals surface area contributed by atoms with E-state index in [0.717, 1.165) is 16.9 Å². The van der Waals surface area contributed by atoms with Gasteiger partial charge in [0, 0.05) is 43.1 Å². The third-order valence-corrected chi connectivity index (χ3v) is 4.39. The smallest absolute Gasteiger partial charge is 0.271 e. The third-order valence-electron chi connectivity index (χ3n) is 4.39. The third kappa shape index (κ3) is 3.68. The van der Waals surface area contributed by atoms with Crippen molar-refractivity contribution in [1.82, 2.24) is 24.7 Å². The van der Waals surface area contributed by atoms with E-state index >= 15 is 0 Å². The number of aromatic nitrogens is 4. The van der Waals surface area contributed by atoms with Crippen molar-refractivity contribution >= 4 is 11.6 Å². The first-order valence-electron chi connectivity index (χ1n) is 8.90. The van der Waals surface area contributed by atoms with Gasteiger partial charge in [-0.3, -0.25) is 14.8 Å². The highest BCUT2D eigenvalue weighted by atomic mass is 16.5. The van der Waals surface area contributed by atoms with E-state index in [1.807, 2.05) is 40.8 Å². The van der Waals surface area contributed by atoms with Crippen LogP contribution in [0.1, 0.15) is 16.1 Å². The highest BCUT2D eigenvalue weighted by Crippen LogP contribution is 2.24. The number of hydrogen-bond acceptors (Lipinski definition) is 5. The van der Waals surface area contributed by atoms with Gasteiger partial charge in [-0.1, -0.05) is 6.07 Å². The van der Waals surface area contributed by atoms with Crippen LogP contribution < -0.4 is 10.1 Å². The van der Waals surface area contributed by atoms with Gasteiger partial charge in [0.15, 0.2) is 5.65 Å². The summed E-state index contributed by atoms with van der Waals surface area (Å²) in [5.74, 6) is 0.556. The van der Waals surface area contributed by atoms with Gasteiger partial charge in [0.05, 0.1) is 7.11 Å². The first kappa shape index (κ1) is 17.7. The minimum absolute atomic E-state index is 0.215. The maximum atomic E-state index is 12.5. The summed E-state index contributed by atoms with van der Waals surface area (Å²) in [6.07, 6.45) is 9.42. The van der Waals surface area contributed by atoms with Crippen LogP contribution >= 0.6 is 0 Å². The molecule has 0 saturated heterocycles. The number of carbonyl (C=O) groups is 1. The highest BCUT2D eigenvalue weighted by molar-refractivity contribution is 5.93.